The average molecular weight is 525 g/mol. The van der Waals surface area contributed by atoms with E-state index in [4.69, 9.17) is 0 Å². The predicted octanol–water partition coefficient (Wildman–Crippen LogP) is 4.92. The first-order chi connectivity index (χ1) is 16.5. The zero-order valence-corrected chi connectivity index (χ0v) is 19.5. The molecular weight excluding hydrogens is 508 g/mol. The van der Waals surface area contributed by atoms with Crippen LogP contribution in [0.3, 0.4) is 0 Å². The number of hydrogen-bond acceptors (Lipinski definition) is 6. The molecule has 1 amide bonds. The summed E-state index contributed by atoms with van der Waals surface area (Å²) in [5.74, 6) is -2.14. The van der Waals surface area contributed by atoms with E-state index in [0.717, 1.165) is 17.2 Å². The van der Waals surface area contributed by atoms with Crippen molar-refractivity contribution in [2.75, 3.05) is 11.8 Å². The Morgan fingerprint density at radius 2 is 1.80 bits per heavy atom. The smallest absolute Gasteiger partial charge is 0.337 e. The van der Waals surface area contributed by atoms with Crippen LogP contribution in [0.2, 0.25) is 0 Å². The summed E-state index contributed by atoms with van der Waals surface area (Å²) in [6.45, 7) is -0.428. The monoisotopic (exact) mass is 524 g/mol. The highest BCUT2D eigenvalue weighted by Gasteiger charge is 2.37. The Morgan fingerprint density at radius 3 is 2.49 bits per heavy atom. The first-order valence-electron chi connectivity index (χ1n) is 9.88. The van der Waals surface area contributed by atoms with Crippen molar-refractivity contribution in [2.24, 2.45) is 0 Å². The van der Waals surface area contributed by atoms with Gasteiger partial charge in [-0.25, -0.2) is 22.8 Å². The Labute approximate surface area is 201 Å². The van der Waals surface area contributed by atoms with Crippen LogP contribution >= 0.6 is 11.3 Å². The lowest BCUT2D eigenvalue weighted by molar-refractivity contribution is -0.143. The van der Waals surface area contributed by atoms with E-state index >= 15 is 0 Å². The summed E-state index contributed by atoms with van der Waals surface area (Å²) in [6, 6.07) is 11.3. The predicted molar refractivity (Wildman–Crippen MR) is 122 cm³/mol. The van der Waals surface area contributed by atoms with Crippen LogP contribution in [0, 0.1) is 5.82 Å². The summed E-state index contributed by atoms with van der Waals surface area (Å²) in [5.41, 5.74) is 0.205. The van der Waals surface area contributed by atoms with Gasteiger partial charge in [-0.3, -0.25) is 9.52 Å². The lowest BCUT2D eigenvalue weighted by Gasteiger charge is -2.19. The van der Waals surface area contributed by atoms with Crippen molar-refractivity contribution in [3.8, 4) is 0 Å². The fourth-order valence-corrected chi connectivity index (χ4v) is 5.32. The number of thiazole rings is 1. The summed E-state index contributed by atoms with van der Waals surface area (Å²) in [4.78, 5) is 20.9. The number of carbonyl (C=O) groups is 1. The third-order valence-electron chi connectivity index (χ3n) is 4.99. The van der Waals surface area contributed by atoms with Crippen LogP contribution in [-0.4, -0.2) is 36.2 Å². The first kappa shape index (κ1) is 24.5. The van der Waals surface area contributed by atoms with Gasteiger partial charge >= 0.3 is 6.18 Å². The molecule has 0 spiro atoms. The quantitative estimate of drug-likeness (QED) is 0.362. The van der Waals surface area contributed by atoms with Gasteiger partial charge in [-0.1, -0.05) is 6.07 Å². The average Bonchev–Trinajstić information content (AvgIpc) is 3.28. The second kappa shape index (κ2) is 9.23. The van der Waals surface area contributed by atoms with Crippen LogP contribution in [-0.2, 0) is 22.7 Å². The van der Waals surface area contributed by atoms with E-state index in [0.29, 0.717) is 10.2 Å². The van der Waals surface area contributed by atoms with Gasteiger partial charge in [-0.15, -0.1) is 11.3 Å². The number of nitrogens with zero attached hydrogens (tertiary/aromatic N) is 3. The molecule has 0 aliphatic heterocycles. The molecule has 0 bridgehead atoms. The molecule has 13 heteroatoms. The maximum atomic E-state index is 14.2. The maximum Gasteiger partial charge on any atom is 0.436 e. The van der Waals surface area contributed by atoms with Crippen molar-refractivity contribution in [1.29, 1.82) is 0 Å². The Morgan fingerprint density at radius 1 is 1.09 bits per heavy atom. The Kier molecular flexibility index (Phi) is 6.47. The largest absolute Gasteiger partial charge is 0.436 e. The number of para-hydroxylation sites is 1. The number of sulfonamides is 1. The number of carbonyl (C=O) groups excluding carboxylic acids is 1. The van der Waals surface area contributed by atoms with Crippen LogP contribution in [0.5, 0.6) is 0 Å². The second-order valence-electron chi connectivity index (χ2n) is 7.43. The Bertz CT molecular complexity index is 1500. The van der Waals surface area contributed by atoms with Gasteiger partial charge in [0.05, 0.1) is 10.2 Å². The minimum absolute atomic E-state index is 0.00809. The van der Waals surface area contributed by atoms with E-state index in [9.17, 15) is 30.8 Å². The lowest BCUT2D eigenvalue weighted by atomic mass is 10.1. The number of amides is 1. The van der Waals surface area contributed by atoms with Gasteiger partial charge in [0.1, 0.15) is 10.4 Å². The molecular formula is C22H16F4N4O3S2. The van der Waals surface area contributed by atoms with Crippen LogP contribution in [0.25, 0.3) is 10.2 Å². The van der Waals surface area contributed by atoms with Crippen molar-refractivity contribution < 1.29 is 30.8 Å². The summed E-state index contributed by atoms with van der Waals surface area (Å²) in [7, 11) is -2.66. The number of halogens is 4. The van der Waals surface area contributed by atoms with Crippen molar-refractivity contribution in [1.82, 2.24) is 14.9 Å². The fraction of sp³-hybridized carbons (Fsp3) is 0.136. The minimum Gasteiger partial charge on any atom is -0.337 e. The number of pyridine rings is 1. The van der Waals surface area contributed by atoms with Gasteiger partial charge in [0.2, 0.25) is 0 Å². The zero-order chi connectivity index (χ0) is 25.4. The van der Waals surface area contributed by atoms with Crippen LogP contribution in [0.4, 0.5) is 23.2 Å². The normalized spacial score (nSPS) is 12.0. The van der Waals surface area contributed by atoms with Crippen LogP contribution < -0.4 is 4.72 Å². The van der Waals surface area contributed by atoms with Gasteiger partial charge in [-0.05, 0) is 42.5 Å². The number of fused-ring (bicyclic) bond motifs is 1. The second-order valence-corrected chi connectivity index (χ2v) is 9.97. The number of nitrogens with one attached hydrogen (secondary N) is 1. The summed E-state index contributed by atoms with van der Waals surface area (Å²) < 4.78 is 81.7. The number of benzene rings is 2. The van der Waals surface area contributed by atoms with Gasteiger partial charge < -0.3 is 4.90 Å². The number of alkyl halides is 3. The number of aromatic nitrogens is 2. The lowest BCUT2D eigenvalue weighted by Crippen LogP contribution is -2.27. The van der Waals surface area contributed by atoms with E-state index in [1.54, 1.807) is 17.6 Å². The van der Waals surface area contributed by atoms with Crippen LogP contribution in [0.15, 0.2) is 65.1 Å². The third-order valence-corrected chi connectivity index (χ3v) is 7.20. The first-order valence-corrected chi connectivity index (χ1v) is 12.2. The molecule has 4 aromatic rings. The number of rotatable bonds is 6. The highest BCUT2D eigenvalue weighted by molar-refractivity contribution is 7.93. The van der Waals surface area contributed by atoms with Gasteiger partial charge in [0.25, 0.3) is 15.9 Å². The van der Waals surface area contributed by atoms with Gasteiger partial charge in [0, 0.05) is 36.6 Å². The fourth-order valence-electron chi connectivity index (χ4n) is 3.32. The maximum absolute atomic E-state index is 14.2. The highest BCUT2D eigenvalue weighted by atomic mass is 32.2. The molecule has 2 heterocycles. The topological polar surface area (TPSA) is 92.3 Å². The van der Waals surface area contributed by atoms with E-state index in [2.05, 4.69) is 14.7 Å². The molecule has 1 N–H and O–H groups in total. The molecule has 7 nitrogen and oxygen atoms in total. The zero-order valence-electron chi connectivity index (χ0n) is 17.9. The van der Waals surface area contributed by atoms with Crippen molar-refractivity contribution >= 4 is 43.2 Å². The van der Waals surface area contributed by atoms with Crippen molar-refractivity contribution in [3.63, 3.8) is 0 Å². The Balaban J connectivity index is 1.49. The molecule has 0 saturated heterocycles. The van der Waals surface area contributed by atoms with E-state index < -0.39 is 40.2 Å². The minimum atomic E-state index is -4.96. The van der Waals surface area contributed by atoms with E-state index in [-0.39, 0.29) is 21.7 Å². The summed E-state index contributed by atoms with van der Waals surface area (Å²) >= 11 is 1.31. The molecule has 0 aliphatic carbocycles. The molecule has 0 radical (unpaired) electrons. The molecule has 0 aliphatic rings. The van der Waals surface area contributed by atoms with Gasteiger partial charge in [0.15, 0.2) is 11.5 Å². The molecule has 35 heavy (non-hydrogen) atoms. The molecule has 0 saturated carbocycles. The van der Waals surface area contributed by atoms with E-state index in [1.807, 2.05) is 0 Å². The third kappa shape index (κ3) is 5.10. The van der Waals surface area contributed by atoms with E-state index in [1.165, 1.54) is 48.7 Å². The number of anilines is 1. The van der Waals surface area contributed by atoms with Crippen LogP contribution in [0.1, 0.15) is 21.6 Å². The molecule has 182 valence electrons. The van der Waals surface area contributed by atoms with Crippen molar-refractivity contribution in [2.45, 2.75) is 17.6 Å². The Hall–Kier alpha value is -3.58. The molecule has 4 rings (SSSR count). The molecule has 0 unspecified atom stereocenters. The highest BCUT2D eigenvalue weighted by Crippen LogP contribution is 2.31. The SMILES string of the molecule is CN(Cc1ccnc(C(F)(F)F)c1F)C(=O)c1ccc(NS(=O)(=O)c2cccc3scnc23)cc1. The van der Waals surface area contributed by atoms with Crippen molar-refractivity contribution in [3.05, 3.63) is 82.9 Å². The standard InChI is InChI=1S/C22H16F4N4O3S2/c1-30(11-14-9-10-27-20(18(14)23)22(24,25)26)21(31)13-5-7-15(8-6-13)29-35(32,33)17-4-2-3-16-19(17)28-12-34-16/h2-10,12,29H,11H2,1H3. The molecule has 2 aromatic carbocycles. The van der Waals surface area contributed by atoms with Gasteiger partial charge in [-0.2, -0.15) is 13.2 Å². The number of hydrogen-bond donors (Lipinski definition) is 1. The summed E-state index contributed by atoms with van der Waals surface area (Å²) in [5, 5.41) is 0. The summed E-state index contributed by atoms with van der Waals surface area (Å²) in [6.07, 6.45) is -4.14. The molecule has 0 atom stereocenters. The molecule has 0 fully saturated rings. The molecule has 2 aromatic heterocycles.